The molecule has 85 heavy (non-hydrogen) atoms. The van der Waals surface area contributed by atoms with Crippen LogP contribution in [0.3, 0.4) is 0 Å². The molecule has 0 spiro atoms. The van der Waals surface area contributed by atoms with Crippen molar-refractivity contribution in [3.8, 4) is 0 Å². The van der Waals surface area contributed by atoms with Crippen LogP contribution in [0.25, 0.3) is 0 Å². The molecule has 12 heteroatoms. The molecule has 1 rings (SSSR count). The lowest BCUT2D eigenvalue weighted by molar-refractivity contribution is -0.301. The molecule has 1 heterocycles. The highest BCUT2D eigenvalue weighted by atomic mass is 16.7. The molecule has 0 aliphatic carbocycles. The minimum atomic E-state index is -1.92. The standard InChI is InChI=1S/C73H118O12/c1-4-7-10-13-16-19-22-25-28-31-33-36-38-41-44-47-50-53-56-59-65(74)81-62-64(83-66(75)60-57-54-51-48-45-42-39-35-30-27-24-21-18-15-12-9-6-3)63-82-73-71(69(78)68(77)70(85-73)72(79)80)84-67(76)61-58-55-52-49-46-43-40-37-34-32-29-26-23-20-17-14-11-8-5-2/h7,9-10,12,16-21,25-30,33,36,39,42,64,68-71,73,77-78H,4-6,8,11,13-15,22-24,31-32,34-35,37-38,40-41,43-63H2,1-3H3,(H,79,80)/b10-7-,12-9-,19-16-,20-17-,21-18-,28-25-,29-26-,30-27-,36-33-,42-39-. The molecule has 0 aromatic rings. The molecule has 0 amide bonds. The van der Waals surface area contributed by atoms with Gasteiger partial charge in [-0.15, -0.1) is 0 Å². The summed E-state index contributed by atoms with van der Waals surface area (Å²) in [6.07, 6.45) is 70.0. The van der Waals surface area contributed by atoms with Gasteiger partial charge < -0.3 is 39.0 Å². The summed E-state index contributed by atoms with van der Waals surface area (Å²) in [5, 5.41) is 31.6. The van der Waals surface area contributed by atoms with Crippen molar-refractivity contribution in [3.05, 3.63) is 122 Å². The minimum absolute atomic E-state index is 0.0455. The van der Waals surface area contributed by atoms with Gasteiger partial charge >= 0.3 is 23.9 Å². The van der Waals surface area contributed by atoms with Gasteiger partial charge in [-0.05, 0) is 128 Å². The molecule has 12 nitrogen and oxygen atoms in total. The second kappa shape index (κ2) is 59.5. The second-order valence-electron chi connectivity index (χ2n) is 22.3. The Labute approximate surface area is 516 Å². The average Bonchev–Trinajstić information content (AvgIpc) is 3.51. The monoisotopic (exact) mass is 1190 g/mol. The van der Waals surface area contributed by atoms with Crippen LogP contribution in [0.1, 0.15) is 265 Å². The number of unbranched alkanes of at least 4 members (excludes halogenated alkanes) is 22. The van der Waals surface area contributed by atoms with E-state index in [0.29, 0.717) is 19.3 Å². The quantitative estimate of drug-likeness (QED) is 0.0228. The summed E-state index contributed by atoms with van der Waals surface area (Å²) in [7, 11) is 0. The first-order valence-electron chi connectivity index (χ1n) is 33.5. The van der Waals surface area contributed by atoms with Crippen LogP contribution < -0.4 is 0 Å². The molecule has 6 atom stereocenters. The number of aliphatic carboxylic acids is 1. The Morgan fingerprint density at radius 2 is 0.741 bits per heavy atom. The van der Waals surface area contributed by atoms with Crippen LogP contribution in [0.2, 0.25) is 0 Å². The summed E-state index contributed by atoms with van der Waals surface area (Å²) in [6.45, 7) is 5.73. The predicted molar refractivity (Wildman–Crippen MR) is 349 cm³/mol. The second-order valence-corrected chi connectivity index (χ2v) is 22.3. The highest BCUT2D eigenvalue weighted by Crippen LogP contribution is 2.27. The van der Waals surface area contributed by atoms with Crippen molar-refractivity contribution in [3.63, 3.8) is 0 Å². The van der Waals surface area contributed by atoms with Gasteiger partial charge in [-0.1, -0.05) is 239 Å². The van der Waals surface area contributed by atoms with Crippen molar-refractivity contribution in [2.45, 2.75) is 302 Å². The van der Waals surface area contributed by atoms with E-state index in [9.17, 15) is 34.5 Å². The van der Waals surface area contributed by atoms with Crippen molar-refractivity contribution in [2.75, 3.05) is 13.2 Å². The van der Waals surface area contributed by atoms with Gasteiger partial charge in [-0.25, -0.2) is 4.79 Å². The van der Waals surface area contributed by atoms with Gasteiger partial charge in [-0.3, -0.25) is 14.4 Å². The smallest absolute Gasteiger partial charge is 0.335 e. The first-order valence-corrected chi connectivity index (χ1v) is 33.5. The van der Waals surface area contributed by atoms with Gasteiger partial charge in [0.25, 0.3) is 0 Å². The molecule has 1 saturated heterocycles. The van der Waals surface area contributed by atoms with E-state index in [0.717, 1.165) is 154 Å². The molecule has 0 saturated carbocycles. The van der Waals surface area contributed by atoms with E-state index in [1.807, 2.05) is 0 Å². The summed E-state index contributed by atoms with van der Waals surface area (Å²) >= 11 is 0. The summed E-state index contributed by atoms with van der Waals surface area (Å²) in [4.78, 5) is 51.4. The SMILES string of the molecule is CC/C=C\C/C=C\C/C=C\C/C=C\CCCCCCCCC(=O)OCC(COC1OC(C(=O)O)C(O)C(O)C1OC(=O)CCCCCCCCCCC/C=C\C/C=C\CCCCC)OC(=O)CCCCCC/C=C\C/C=C\C/C=C\C/C=C\CC. The lowest BCUT2D eigenvalue weighted by Crippen LogP contribution is -2.61. The molecule has 0 aromatic carbocycles. The van der Waals surface area contributed by atoms with E-state index in [1.54, 1.807) is 0 Å². The van der Waals surface area contributed by atoms with Crippen LogP contribution in [0.5, 0.6) is 0 Å². The molecule has 3 N–H and O–H groups in total. The molecule has 0 bridgehead atoms. The van der Waals surface area contributed by atoms with Crippen LogP contribution in [-0.4, -0.2) is 89.2 Å². The summed E-state index contributed by atoms with van der Waals surface area (Å²) < 4.78 is 28.5. The molecular formula is C73H118O12. The molecule has 0 aromatic heterocycles. The number of esters is 3. The third-order valence-corrected chi connectivity index (χ3v) is 14.5. The first-order chi connectivity index (χ1) is 41.6. The lowest BCUT2D eigenvalue weighted by Gasteiger charge is -2.40. The molecule has 6 unspecified atom stereocenters. The Balaban J connectivity index is 2.68. The lowest BCUT2D eigenvalue weighted by atomic mass is 9.98. The molecule has 1 aliphatic heterocycles. The fourth-order valence-electron chi connectivity index (χ4n) is 9.44. The Kier molecular flexibility index (Phi) is 54.6. The first kappa shape index (κ1) is 78.1. The zero-order chi connectivity index (χ0) is 61.7. The topological polar surface area (TPSA) is 175 Å². The highest BCUT2D eigenvalue weighted by molar-refractivity contribution is 5.74. The van der Waals surface area contributed by atoms with E-state index in [4.69, 9.17) is 23.7 Å². The average molecular weight is 1190 g/mol. The van der Waals surface area contributed by atoms with Gasteiger partial charge in [0.15, 0.2) is 24.6 Å². The number of carboxylic acid groups (broad SMARTS) is 1. The molecular weight excluding hydrogens is 1070 g/mol. The van der Waals surface area contributed by atoms with Gasteiger partial charge in [-0.2, -0.15) is 0 Å². The zero-order valence-electron chi connectivity index (χ0n) is 53.3. The van der Waals surface area contributed by atoms with Crippen LogP contribution in [0, 0.1) is 0 Å². The van der Waals surface area contributed by atoms with Gasteiger partial charge in [0, 0.05) is 19.3 Å². The fourth-order valence-corrected chi connectivity index (χ4v) is 9.44. The number of carbonyl (C=O) groups excluding carboxylic acids is 3. The molecule has 1 aliphatic rings. The largest absolute Gasteiger partial charge is 0.479 e. The van der Waals surface area contributed by atoms with Crippen molar-refractivity contribution in [1.82, 2.24) is 0 Å². The van der Waals surface area contributed by atoms with Crippen LogP contribution in [0.15, 0.2) is 122 Å². The third-order valence-electron chi connectivity index (χ3n) is 14.5. The number of hydrogen-bond donors (Lipinski definition) is 3. The van der Waals surface area contributed by atoms with Crippen LogP contribution >= 0.6 is 0 Å². The number of ether oxygens (including phenoxy) is 5. The van der Waals surface area contributed by atoms with Crippen molar-refractivity contribution in [1.29, 1.82) is 0 Å². The number of rotatable bonds is 56. The normalized spacial score (nSPS) is 18.2. The van der Waals surface area contributed by atoms with E-state index >= 15 is 0 Å². The van der Waals surface area contributed by atoms with Crippen molar-refractivity contribution in [2.24, 2.45) is 0 Å². The van der Waals surface area contributed by atoms with E-state index in [2.05, 4.69) is 142 Å². The van der Waals surface area contributed by atoms with Crippen molar-refractivity contribution >= 4 is 23.9 Å². The maximum absolute atomic E-state index is 13.2. The van der Waals surface area contributed by atoms with E-state index < -0.39 is 67.3 Å². The van der Waals surface area contributed by atoms with E-state index in [1.165, 1.54) is 51.4 Å². The molecule has 482 valence electrons. The predicted octanol–water partition coefficient (Wildman–Crippen LogP) is 18.3. The van der Waals surface area contributed by atoms with Crippen LogP contribution in [-0.2, 0) is 42.9 Å². The maximum atomic E-state index is 13.2. The number of allylic oxidation sites excluding steroid dienone is 20. The molecule has 0 radical (unpaired) electrons. The van der Waals surface area contributed by atoms with Crippen LogP contribution in [0.4, 0.5) is 0 Å². The summed E-state index contributed by atoms with van der Waals surface area (Å²) in [6, 6.07) is 0. The number of aliphatic hydroxyl groups excluding tert-OH is 2. The Morgan fingerprint density at radius 3 is 1.13 bits per heavy atom. The minimum Gasteiger partial charge on any atom is -0.479 e. The Morgan fingerprint density at radius 1 is 0.400 bits per heavy atom. The number of carboxylic acids is 1. The van der Waals surface area contributed by atoms with Gasteiger partial charge in [0.1, 0.15) is 18.8 Å². The third kappa shape index (κ3) is 48.9. The summed E-state index contributed by atoms with van der Waals surface area (Å²) in [5.41, 5.74) is 0. The van der Waals surface area contributed by atoms with Crippen molar-refractivity contribution < 1.29 is 58.2 Å². The summed E-state index contributed by atoms with van der Waals surface area (Å²) in [5.74, 6) is -3.18. The number of aliphatic hydroxyl groups is 2. The highest BCUT2D eigenvalue weighted by Gasteiger charge is 2.50. The Hall–Kier alpha value is -4.88. The van der Waals surface area contributed by atoms with E-state index in [-0.39, 0.29) is 25.9 Å². The fraction of sp³-hybridized carbons (Fsp3) is 0.671. The zero-order valence-corrected chi connectivity index (χ0v) is 53.3. The Bertz CT molecular complexity index is 1940. The van der Waals surface area contributed by atoms with Gasteiger partial charge in [0.05, 0.1) is 6.61 Å². The molecule has 1 fully saturated rings. The maximum Gasteiger partial charge on any atom is 0.335 e. The number of carbonyl (C=O) groups is 4. The number of hydrogen-bond acceptors (Lipinski definition) is 11. The van der Waals surface area contributed by atoms with Gasteiger partial charge in [0.2, 0.25) is 0 Å².